The number of rotatable bonds is 2. The summed E-state index contributed by atoms with van der Waals surface area (Å²) >= 11 is 6.58. The van der Waals surface area contributed by atoms with Crippen LogP contribution in [0.3, 0.4) is 0 Å². The lowest BCUT2D eigenvalue weighted by Gasteiger charge is -2.21. The first kappa shape index (κ1) is 17.6. The normalized spacial score (nSPS) is 13.2. The zero-order valence-corrected chi connectivity index (χ0v) is 16.1. The van der Waals surface area contributed by atoms with Crippen molar-refractivity contribution in [3.05, 3.63) is 70.9 Å². The topological polar surface area (TPSA) is 19.0 Å². The molecule has 0 saturated carbocycles. The number of aromatic nitrogens is 1. The number of hydrogen-bond donors (Lipinski definition) is 1. The number of halogens is 1. The van der Waals surface area contributed by atoms with Gasteiger partial charge in [0.1, 0.15) is 0 Å². The third kappa shape index (κ3) is 3.07. The first-order valence-corrected chi connectivity index (χ1v) is 9.29. The van der Waals surface area contributed by atoms with Gasteiger partial charge in [-0.2, -0.15) is 0 Å². The standard InChI is InChI=1S/C20H19ClN2.C2H6/c1-12(2)18-9-15-8-17(21)20(10-19(15)22-18)23-11-14-6-4-5-7-16(14)13(23)3;1-2/h4-10,12,22H,3,11H2,1-2H3;1-2H3. The molecule has 2 heterocycles. The largest absolute Gasteiger partial charge is 0.358 e. The number of fused-ring (bicyclic) bond motifs is 2. The number of nitrogens with zero attached hydrogens (tertiary/aromatic N) is 1. The Bertz CT molecular complexity index is 921. The van der Waals surface area contributed by atoms with Gasteiger partial charge in [0.2, 0.25) is 0 Å². The SMILES string of the molecule is C=C1c2ccccc2CN1c1cc2[nH]c(C(C)C)cc2cc1Cl.CC. The van der Waals surface area contributed by atoms with Crippen molar-refractivity contribution in [3.63, 3.8) is 0 Å². The summed E-state index contributed by atoms with van der Waals surface area (Å²) in [6, 6.07) is 14.8. The summed E-state index contributed by atoms with van der Waals surface area (Å²) in [5.74, 6) is 0.468. The summed E-state index contributed by atoms with van der Waals surface area (Å²) in [5.41, 5.74) is 6.88. The molecular formula is C22H25ClN2. The third-order valence-corrected chi connectivity index (χ3v) is 4.91. The zero-order valence-electron chi connectivity index (χ0n) is 15.4. The van der Waals surface area contributed by atoms with Crippen molar-refractivity contribution in [3.8, 4) is 0 Å². The Morgan fingerprint density at radius 1 is 1.12 bits per heavy atom. The van der Waals surface area contributed by atoms with Crippen LogP contribution < -0.4 is 4.90 Å². The Morgan fingerprint density at radius 3 is 2.52 bits per heavy atom. The van der Waals surface area contributed by atoms with Crippen molar-refractivity contribution < 1.29 is 0 Å². The van der Waals surface area contributed by atoms with Crippen LogP contribution in [0.1, 0.15) is 50.4 Å². The molecule has 2 aromatic carbocycles. The van der Waals surface area contributed by atoms with E-state index in [1.807, 2.05) is 19.9 Å². The van der Waals surface area contributed by atoms with Gasteiger partial charge in [-0.3, -0.25) is 0 Å². The van der Waals surface area contributed by atoms with Gasteiger partial charge in [-0.25, -0.2) is 0 Å². The van der Waals surface area contributed by atoms with Gasteiger partial charge in [0, 0.05) is 34.4 Å². The van der Waals surface area contributed by atoms with E-state index in [4.69, 9.17) is 11.6 Å². The van der Waals surface area contributed by atoms with Crippen LogP contribution in [-0.4, -0.2) is 4.98 Å². The van der Waals surface area contributed by atoms with Crippen molar-refractivity contribution >= 4 is 33.9 Å². The number of aromatic amines is 1. The van der Waals surface area contributed by atoms with E-state index in [1.54, 1.807) is 0 Å². The number of anilines is 1. The molecule has 2 nitrogen and oxygen atoms in total. The van der Waals surface area contributed by atoms with Gasteiger partial charge in [-0.05, 0) is 29.7 Å². The molecule has 3 heteroatoms. The van der Waals surface area contributed by atoms with Gasteiger partial charge in [0.05, 0.1) is 10.7 Å². The minimum Gasteiger partial charge on any atom is -0.358 e. The van der Waals surface area contributed by atoms with E-state index in [2.05, 4.69) is 66.7 Å². The average molecular weight is 353 g/mol. The van der Waals surface area contributed by atoms with Crippen molar-refractivity contribution in [2.45, 2.75) is 40.2 Å². The Balaban J connectivity index is 0.000000880. The fourth-order valence-electron chi connectivity index (χ4n) is 3.26. The molecule has 1 aliphatic heterocycles. The molecule has 0 spiro atoms. The molecule has 0 aliphatic carbocycles. The van der Waals surface area contributed by atoms with Crippen molar-refractivity contribution in [2.75, 3.05) is 4.90 Å². The summed E-state index contributed by atoms with van der Waals surface area (Å²) in [7, 11) is 0. The van der Waals surface area contributed by atoms with Crippen LogP contribution in [0.4, 0.5) is 5.69 Å². The molecule has 0 atom stereocenters. The molecule has 0 fully saturated rings. The van der Waals surface area contributed by atoms with Crippen LogP contribution in [0.15, 0.2) is 49.0 Å². The average Bonchev–Trinajstić information content (AvgIpc) is 3.17. The summed E-state index contributed by atoms with van der Waals surface area (Å²) < 4.78 is 0. The lowest BCUT2D eigenvalue weighted by Crippen LogP contribution is -2.13. The highest BCUT2D eigenvalue weighted by molar-refractivity contribution is 6.34. The first-order chi connectivity index (χ1) is 12.0. The summed E-state index contributed by atoms with van der Waals surface area (Å²) in [6.45, 7) is 13.5. The predicted molar refractivity (Wildman–Crippen MR) is 110 cm³/mol. The van der Waals surface area contributed by atoms with E-state index in [-0.39, 0.29) is 0 Å². The molecule has 0 amide bonds. The van der Waals surface area contributed by atoms with E-state index >= 15 is 0 Å². The summed E-state index contributed by atoms with van der Waals surface area (Å²) in [5, 5.41) is 1.92. The lowest BCUT2D eigenvalue weighted by atomic mass is 10.1. The van der Waals surface area contributed by atoms with Crippen LogP contribution in [0.25, 0.3) is 16.6 Å². The van der Waals surface area contributed by atoms with E-state index in [0.29, 0.717) is 5.92 Å². The molecule has 3 aromatic rings. The second kappa shape index (κ2) is 6.97. The van der Waals surface area contributed by atoms with Gasteiger partial charge in [-0.15, -0.1) is 0 Å². The van der Waals surface area contributed by atoms with Crippen LogP contribution in [0.2, 0.25) is 5.02 Å². The number of hydrogen-bond acceptors (Lipinski definition) is 1. The number of H-pyrrole nitrogens is 1. The number of nitrogens with one attached hydrogen (secondary N) is 1. The maximum atomic E-state index is 6.58. The molecule has 1 aromatic heterocycles. The van der Waals surface area contributed by atoms with Crippen LogP contribution >= 0.6 is 11.6 Å². The van der Waals surface area contributed by atoms with Crippen molar-refractivity contribution in [2.24, 2.45) is 0 Å². The summed E-state index contributed by atoms with van der Waals surface area (Å²) in [6.07, 6.45) is 0. The quantitative estimate of drug-likeness (QED) is 0.528. The molecule has 1 N–H and O–H groups in total. The molecule has 130 valence electrons. The smallest absolute Gasteiger partial charge is 0.0650 e. The zero-order chi connectivity index (χ0) is 18.1. The summed E-state index contributed by atoms with van der Waals surface area (Å²) in [4.78, 5) is 5.70. The molecular weight excluding hydrogens is 328 g/mol. The van der Waals surface area contributed by atoms with Gasteiger partial charge in [0.25, 0.3) is 0 Å². The highest BCUT2D eigenvalue weighted by Gasteiger charge is 2.25. The Hall–Kier alpha value is -2.19. The number of benzene rings is 2. The van der Waals surface area contributed by atoms with E-state index in [0.717, 1.165) is 33.9 Å². The van der Waals surface area contributed by atoms with Crippen LogP contribution in [0.5, 0.6) is 0 Å². The van der Waals surface area contributed by atoms with E-state index < -0.39 is 0 Å². The fourth-order valence-corrected chi connectivity index (χ4v) is 3.54. The Morgan fingerprint density at radius 2 is 1.84 bits per heavy atom. The molecule has 4 rings (SSSR count). The van der Waals surface area contributed by atoms with Crippen LogP contribution in [0, 0.1) is 0 Å². The molecule has 0 bridgehead atoms. The van der Waals surface area contributed by atoms with Gasteiger partial charge >= 0.3 is 0 Å². The monoisotopic (exact) mass is 352 g/mol. The maximum Gasteiger partial charge on any atom is 0.0650 e. The van der Waals surface area contributed by atoms with E-state index in [1.165, 1.54) is 16.8 Å². The molecule has 1 aliphatic rings. The van der Waals surface area contributed by atoms with Gasteiger partial charge in [-0.1, -0.05) is 70.1 Å². The Labute approximate surface area is 155 Å². The second-order valence-corrected chi connectivity index (χ2v) is 6.87. The molecule has 0 saturated heterocycles. The van der Waals surface area contributed by atoms with Crippen molar-refractivity contribution in [1.29, 1.82) is 0 Å². The van der Waals surface area contributed by atoms with Crippen molar-refractivity contribution in [1.82, 2.24) is 4.98 Å². The predicted octanol–water partition coefficient (Wildman–Crippen LogP) is 6.96. The Kier molecular flexibility index (Phi) is 4.91. The van der Waals surface area contributed by atoms with Crippen LogP contribution in [-0.2, 0) is 6.54 Å². The third-order valence-electron chi connectivity index (χ3n) is 4.60. The minimum atomic E-state index is 0.468. The molecule has 0 radical (unpaired) electrons. The minimum absolute atomic E-state index is 0.468. The fraction of sp³-hybridized carbons (Fsp3) is 0.273. The molecule has 25 heavy (non-hydrogen) atoms. The highest BCUT2D eigenvalue weighted by atomic mass is 35.5. The van der Waals surface area contributed by atoms with Gasteiger partial charge < -0.3 is 9.88 Å². The van der Waals surface area contributed by atoms with E-state index in [9.17, 15) is 0 Å². The second-order valence-electron chi connectivity index (χ2n) is 6.46. The van der Waals surface area contributed by atoms with Gasteiger partial charge in [0.15, 0.2) is 0 Å². The lowest BCUT2D eigenvalue weighted by molar-refractivity contribution is 0.836. The first-order valence-electron chi connectivity index (χ1n) is 8.91. The molecule has 0 unspecified atom stereocenters. The maximum absolute atomic E-state index is 6.58. The highest BCUT2D eigenvalue weighted by Crippen LogP contribution is 2.40.